The highest BCUT2D eigenvalue weighted by Gasteiger charge is 2.29. The van der Waals surface area contributed by atoms with Crippen molar-refractivity contribution in [3.63, 3.8) is 0 Å². The summed E-state index contributed by atoms with van der Waals surface area (Å²) >= 11 is 0. The van der Waals surface area contributed by atoms with E-state index in [1.807, 2.05) is 0 Å². The van der Waals surface area contributed by atoms with E-state index in [9.17, 15) is 4.79 Å². The summed E-state index contributed by atoms with van der Waals surface area (Å²) in [5.41, 5.74) is -0.0179. The molecule has 6 nitrogen and oxygen atoms in total. The van der Waals surface area contributed by atoms with E-state index in [-0.39, 0.29) is 11.7 Å². The Hall–Kier alpha value is -1.40. The van der Waals surface area contributed by atoms with Gasteiger partial charge in [-0.15, -0.1) is 0 Å². The molecule has 116 valence electrons. The van der Waals surface area contributed by atoms with Gasteiger partial charge in [0.2, 0.25) is 0 Å². The predicted octanol–water partition coefficient (Wildman–Crippen LogP) is 0.516. The smallest absolute Gasteiger partial charge is 0.293 e. The zero-order chi connectivity index (χ0) is 14.8. The molecule has 0 saturated carbocycles. The predicted molar refractivity (Wildman–Crippen MR) is 81.7 cm³/mol. The standard InChI is InChI=1S/C15H24N4O2/c1-11-13(5-9-21-11)17-12-4-3-7-19(10-12)14-15(20)18(2)8-6-16-14/h6,8,11-13,17H,3-5,7,9-10H2,1-2H3/t11-,12+,13-/m0/s1. The van der Waals surface area contributed by atoms with Gasteiger partial charge in [0.05, 0.1) is 6.10 Å². The fraction of sp³-hybridized carbons (Fsp3) is 0.733. The first-order chi connectivity index (χ1) is 10.1. The number of nitrogens with zero attached hydrogens (tertiary/aromatic N) is 3. The van der Waals surface area contributed by atoms with Gasteiger partial charge in [0.25, 0.3) is 5.56 Å². The normalized spacial score (nSPS) is 29.8. The lowest BCUT2D eigenvalue weighted by Crippen LogP contribution is -2.52. The number of rotatable bonds is 3. The van der Waals surface area contributed by atoms with E-state index < -0.39 is 0 Å². The van der Waals surface area contributed by atoms with Gasteiger partial charge in [0.15, 0.2) is 5.82 Å². The molecule has 3 rings (SSSR count). The Morgan fingerprint density at radius 3 is 3.05 bits per heavy atom. The summed E-state index contributed by atoms with van der Waals surface area (Å²) in [6, 6.07) is 0.834. The zero-order valence-electron chi connectivity index (χ0n) is 12.8. The van der Waals surface area contributed by atoms with Crippen molar-refractivity contribution < 1.29 is 4.74 Å². The summed E-state index contributed by atoms with van der Waals surface area (Å²) in [4.78, 5) is 18.6. The van der Waals surface area contributed by atoms with Gasteiger partial charge in [-0.3, -0.25) is 4.79 Å². The third-order valence-corrected chi connectivity index (χ3v) is 4.55. The summed E-state index contributed by atoms with van der Waals surface area (Å²) < 4.78 is 7.20. The van der Waals surface area contributed by atoms with Crippen LogP contribution in [0, 0.1) is 0 Å². The van der Waals surface area contributed by atoms with Crippen LogP contribution in [0.25, 0.3) is 0 Å². The number of piperidine rings is 1. The second-order valence-corrected chi connectivity index (χ2v) is 6.09. The van der Waals surface area contributed by atoms with E-state index in [1.165, 1.54) is 0 Å². The molecule has 1 aromatic heterocycles. The van der Waals surface area contributed by atoms with E-state index >= 15 is 0 Å². The fourth-order valence-corrected chi connectivity index (χ4v) is 3.26. The average Bonchev–Trinajstić information content (AvgIpc) is 2.88. The Morgan fingerprint density at radius 1 is 1.43 bits per heavy atom. The third kappa shape index (κ3) is 3.11. The molecule has 6 heteroatoms. The molecule has 0 radical (unpaired) electrons. The van der Waals surface area contributed by atoms with Crippen LogP contribution in [-0.2, 0) is 11.8 Å². The van der Waals surface area contributed by atoms with Gasteiger partial charge in [0.1, 0.15) is 0 Å². The van der Waals surface area contributed by atoms with Crippen molar-refractivity contribution in [3.05, 3.63) is 22.7 Å². The summed E-state index contributed by atoms with van der Waals surface area (Å²) in [6.45, 7) is 4.71. The summed E-state index contributed by atoms with van der Waals surface area (Å²) in [6.07, 6.45) is 6.97. The van der Waals surface area contributed by atoms with Crippen LogP contribution in [0.3, 0.4) is 0 Å². The number of hydrogen-bond donors (Lipinski definition) is 1. The van der Waals surface area contributed by atoms with E-state index in [0.29, 0.717) is 17.9 Å². The van der Waals surface area contributed by atoms with Gasteiger partial charge in [0, 0.05) is 51.2 Å². The topological polar surface area (TPSA) is 59.4 Å². The van der Waals surface area contributed by atoms with Crippen LogP contribution in [-0.4, -0.2) is 47.4 Å². The number of ether oxygens (including phenoxy) is 1. The molecule has 0 bridgehead atoms. The van der Waals surface area contributed by atoms with Crippen molar-refractivity contribution >= 4 is 5.82 Å². The van der Waals surface area contributed by atoms with Crippen molar-refractivity contribution in [2.45, 2.75) is 44.4 Å². The molecule has 2 aliphatic heterocycles. The third-order valence-electron chi connectivity index (χ3n) is 4.55. The monoisotopic (exact) mass is 292 g/mol. The number of anilines is 1. The minimum absolute atomic E-state index is 0.0179. The average molecular weight is 292 g/mol. The highest BCUT2D eigenvalue weighted by Crippen LogP contribution is 2.18. The lowest BCUT2D eigenvalue weighted by atomic mass is 10.0. The molecule has 0 spiro atoms. The van der Waals surface area contributed by atoms with Crippen molar-refractivity contribution in [1.82, 2.24) is 14.9 Å². The first-order valence-electron chi connectivity index (χ1n) is 7.79. The minimum Gasteiger partial charge on any atom is -0.377 e. The Labute approximate surface area is 125 Å². The first kappa shape index (κ1) is 14.5. The maximum absolute atomic E-state index is 12.2. The van der Waals surface area contributed by atoms with Crippen LogP contribution in [0.1, 0.15) is 26.2 Å². The second kappa shape index (κ2) is 6.15. The maximum atomic E-state index is 12.2. The van der Waals surface area contributed by atoms with Crippen LogP contribution in [0.15, 0.2) is 17.2 Å². The van der Waals surface area contributed by atoms with Gasteiger partial charge in [-0.25, -0.2) is 4.98 Å². The van der Waals surface area contributed by atoms with Crippen molar-refractivity contribution in [1.29, 1.82) is 0 Å². The van der Waals surface area contributed by atoms with E-state index in [0.717, 1.165) is 39.0 Å². The Balaban J connectivity index is 1.68. The fourth-order valence-electron chi connectivity index (χ4n) is 3.26. The SMILES string of the molecule is C[C@@H]1OCC[C@@H]1N[C@@H]1CCCN(c2nccn(C)c2=O)C1. The summed E-state index contributed by atoms with van der Waals surface area (Å²) in [7, 11) is 1.77. The molecule has 3 atom stereocenters. The van der Waals surface area contributed by atoms with Crippen molar-refractivity contribution in [2.24, 2.45) is 7.05 Å². The molecule has 3 heterocycles. The lowest BCUT2D eigenvalue weighted by molar-refractivity contribution is 0.110. The first-order valence-corrected chi connectivity index (χ1v) is 7.79. The number of hydrogen-bond acceptors (Lipinski definition) is 5. The van der Waals surface area contributed by atoms with E-state index in [2.05, 4.69) is 22.1 Å². The molecule has 0 unspecified atom stereocenters. The maximum Gasteiger partial charge on any atom is 0.293 e. The van der Waals surface area contributed by atoms with Crippen molar-refractivity contribution in [3.8, 4) is 0 Å². The van der Waals surface area contributed by atoms with Crippen LogP contribution in [0.5, 0.6) is 0 Å². The molecule has 0 aromatic carbocycles. The van der Waals surface area contributed by atoms with Crippen molar-refractivity contribution in [2.75, 3.05) is 24.6 Å². The van der Waals surface area contributed by atoms with Gasteiger partial charge in [-0.1, -0.05) is 0 Å². The van der Waals surface area contributed by atoms with E-state index in [1.54, 1.807) is 24.0 Å². The number of nitrogens with one attached hydrogen (secondary N) is 1. The molecule has 0 aliphatic carbocycles. The van der Waals surface area contributed by atoms with Crippen LogP contribution < -0.4 is 15.8 Å². The summed E-state index contributed by atoms with van der Waals surface area (Å²) in [5, 5.41) is 3.70. The molecule has 1 N–H and O–H groups in total. The molecule has 21 heavy (non-hydrogen) atoms. The quantitative estimate of drug-likeness (QED) is 0.880. The van der Waals surface area contributed by atoms with Gasteiger partial charge in [-0.2, -0.15) is 0 Å². The molecule has 2 aliphatic rings. The molecular weight excluding hydrogens is 268 g/mol. The Bertz CT molecular complexity index is 545. The highest BCUT2D eigenvalue weighted by atomic mass is 16.5. The van der Waals surface area contributed by atoms with Gasteiger partial charge in [-0.05, 0) is 26.2 Å². The molecule has 2 fully saturated rings. The lowest BCUT2D eigenvalue weighted by Gasteiger charge is -2.35. The minimum atomic E-state index is -0.0179. The second-order valence-electron chi connectivity index (χ2n) is 6.09. The van der Waals surface area contributed by atoms with Gasteiger partial charge < -0.3 is 19.5 Å². The molecule has 1 aromatic rings. The summed E-state index contributed by atoms with van der Waals surface area (Å²) in [5.74, 6) is 0.572. The Morgan fingerprint density at radius 2 is 2.29 bits per heavy atom. The zero-order valence-corrected chi connectivity index (χ0v) is 12.8. The molecule has 2 saturated heterocycles. The number of aromatic nitrogens is 2. The van der Waals surface area contributed by atoms with Crippen LogP contribution >= 0.6 is 0 Å². The van der Waals surface area contributed by atoms with Crippen LogP contribution in [0.2, 0.25) is 0 Å². The Kier molecular flexibility index (Phi) is 4.26. The number of aryl methyl sites for hydroxylation is 1. The molecule has 0 amide bonds. The van der Waals surface area contributed by atoms with E-state index in [4.69, 9.17) is 4.74 Å². The molecular formula is C15H24N4O2. The van der Waals surface area contributed by atoms with Gasteiger partial charge >= 0.3 is 0 Å². The largest absolute Gasteiger partial charge is 0.377 e. The van der Waals surface area contributed by atoms with Crippen LogP contribution in [0.4, 0.5) is 5.82 Å². The highest BCUT2D eigenvalue weighted by molar-refractivity contribution is 5.36.